The van der Waals surface area contributed by atoms with Crippen LogP contribution >= 0.6 is 0 Å². The molecular formula is C17H21N3O3S. The number of nitrogens with zero attached hydrogens (tertiary/aromatic N) is 3. The molecule has 6 nitrogen and oxygen atoms in total. The van der Waals surface area contributed by atoms with Crippen LogP contribution < -0.4 is 0 Å². The summed E-state index contributed by atoms with van der Waals surface area (Å²) >= 11 is 0. The maximum absolute atomic E-state index is 11.5. The van der Waals surface area contributed by atoms with Crippen molar-refractivity contribution in [1.82, 2.24) is 14.9 Å². The molecule has 1 aromatic carbocycles. The fraction of sp³-hybridized carbons (Fsp3) is 0.412. The van der Waals surface area contributed by atoms with E-state index in [1.165, 1.54) is 6.26 Å². The summed E-state index contributed by atoms with van der Waals surface area (Å²) in [5, 5.41) is 0. The van der Waals surface area contributed by atoms with E-state index in [1.54, 1.807) is 18.3 Å². The molecule has 1 aliphatic rings. The van der Waals surface area contributed by atoms with Crippen molar-refractivity contribution in [2.24, 2.45) is 0 Å². The van der Waals surface area contributed by atoms with Crippen LogP contribution in [-0.2, 0) is 21.1 Å². The molecule has 0 radical (unpaired) electrons. The van der Waals surface area contributed by atoms with Gasteiger partial charge in [0.05, 0.1) is 11.5 Å². The molecule has 1 fully saturated rings. The zero-order chi connectivity index (χ0) is 17.2. The van der Waals surface area contributed by atoms with E-state index < -0.39 is 9.84 Å². The number of rotatable bonds is 4. The lowest BCUT2D eigenvalue weighted by Crippen LogP contribution is -2.38. The van der Waals surface area contributed by atoms with Gasteiger partial charge in [0.1, 0.15) is 6.10 Å². The van der Waals surface area contributed by atoms with Crippen LogP contribution in [-0.4, -0.2) is 49.2 Å². The number of hydrogen-bond donors (Lipinski definition) is 0. The lowest BCUT2D eigenvalue weighted by molar-refractivity contribution is -0.0373. The van der Waals surface area contributed by atoms with E-state index in [2.05, 4.69) is 14.9 Å². The fourth-order valence-electron chi connectivity index (χ4n) is 2.73. The Morgan fingerprint density at radius 3 is 2.67 bits per heavy atom. The van der Waals surface area contributed by atoms with E-state index in [1.807, 2.05) is 25.1 Å². The third kappa shape index (κ3) is 4.17. The molecule has 0 amide bonds. The molecule has 0 spiro atoms. The van der Waals surface area contributed by atoms with E-state index in [9.17, 15) is 8.42 Å². The van der Waals surface area contributed by atoms with Crippen LogP contribution in [0.5, 0.6) is 0 Å². The van der Waals surface area contributed by atoms with Gasteiger partial charge in [-0.1, -0.05) is 12.1 Å². The molecule has 7 heteroatoms. The largest absolute Gasteiger partial charge is 0.368 e. The van der Waals surface area contributed by atoms with Gasteiger partial charge in [-0.15, -0.1) is 0 Å². The quantitative estimate of drug-likeness (QED) is 0.839. The zero-order valence-electron chi connectivity index (χ0n) is 13.8. The van der Waals surface area contributed by atoms with Crippen LogP contribution in [0.4, 0.5) is 0 Å². The highest BCUT2D eigenvalue weighted by atomic mass is 32.2. The Morgan fingerprint density at radius 1 is 1.25 bits per heavy atom. The van der Waals surface area contributed by atoms with Crippen molar-refractivity contribution in [3.8, 4) is 0 Å². The molecule has 128 valence electrons. The normalized spacial score (nSPS) is 19.3. The second-order valence-corrected chi connectivity index (χ2v) is 8.08. The summed E-state index contributed by atoms with van der Waals surface area (Å²) in [5.41, 5.74) is 2.00. The van der Waals surface area contributed by atoms with Crippen LogP contribution in [0.3, 0.4) is 0 Å². The van der Waals surface area contributed by atoms with Gasteiger partial charge < -0.3 is 4.74 Å². The Bertz CT molecular complexity index is 806. The monoisotopic (exact) mass is 347 g/mol. The molecule has 1 aromatic heterocycles. The maximum Gasteiger partial charge on any atom is 0.175 e. The summed E-state index contributed by atoms with van der Waals surface area (Å²) < 4.78 is 28.8. The van der Waals surface area contributed by atoms with E-state index in [-0.39, 0.29) is 6.10 Å². The van der Waals surface area contributed by atoms with Gasteiger partial charge >= 0.3 is 0 Å². The van der Waals surface area contributed by atoms with Gasteiger partial charge in [0.25, 0.3) is 0 Å². The Labute approximate surface area is 142 Å². The van der Waals surface area contributed by atoms with E-state index in [4.69, 9.17) is 4.74 Å². The lowest BCUT2D eigenvalue weighted by Gasteiger charge is -2.32. The number of aromatic nitrogens is 2. The van der Waals surface area contributed by atoms with Crippen molar-refractivity contribution < 1.29 is 13.2 Å². The first-order valence-corrected chi connectivity index (χ1v) is 9.73. The highest BCUT2D eigenvalue weighted by Gasteiger charge is 2.24. The van der Waals surface area contributed by atoms with Gasteiger partial charge in [0.2, 0.25) is 0 Å². The highest BCUT2D eigenvalue weighted by molar-refractivity contribution is 7.90. The molecule has 2 aromatic rings. The first-order chi connectivity index (χ1) is 11.4. The summed E-state index contributed by atoms with van der Waals surface area (Å²) in [5.74, 6) is 0.715. The third-order valence-electron chi connectivity index (χ3n) is 4.01. The first-order valence-electron chi connectivity index (χ1n) is 7.84. The molecule has 24 heavy (non-hydrogen) atoms. The summed E-state index contributed by atoms with van der Waals surface area (Å²) in [4.78, 5) is 11.4. The number of ether oxygens (including phenoxy) is 1. The van der Waals surface area contributed by atoms with Crippen LogP contribution in [0.15, 0.2) is 41.4 Å². The van der Waals surface area contributed by atoms with Crippen molar-refractivity contribution >= 4 is 9.84 Å². The van der Waals surface area contributed by atoms with Gasteiger partial charge in [0, 0.05) is 37.8 Å². The van der Waals surface area contributed by atoms with E-state index in [0.717, 1.165) is 30.9 Å². The van der Waals surface area contributed by atoms with Gasteiger partial charge in [-0.05, 0) is 30.7 Å². The standard InChI is InChI=1S/C17H21N3O3S/c1-13-7-8-18-17(19-13)16-12-20(9-10-23-16)11-14-3-5-15(6-4-14)24(2,21)22/h3-8,16H,9-12H2,1-2H3/t16-/m0/s1. The molecule has 1 atom stereocenters. The Morgan fingerprint density at radius 2 is 2.00 bits per heavy atom. The average molecular weight is 347 g/mol. The van der Waals surface area contributed by atoms with Crippen molar-refractivity contribution in [2.45, 2.75) is 24.5 Å². The number of benzene rings is 1. The summed E-state index contributed by atoms with van der Waals surface area (Å²) in [6.07, 6.45) is 2.84. The molecule has 0 saturated carbocycles. The maximum atomic E-state index is 11.5. The number of sulfone groups is 1. The van der Waals surface area contributed by atoms with Crippen molar-refractivity contribution in [2.75, 3.05) is 26.0 Å². The number of hydrogen-bond acceptors (Lipinski definition) is 6. The first kappa shape index (κ1) is 17.0. The van der Waals surface area contributed by atoms with Crippen LogP contribution in [0, 0.1) is 6.92 Å². The minimum absolute atomic E-state index is 0.131. The summed E-state index contributed by atoms with van der Waals surface area (Å²) in [7, 11) is -3.15. The summed E-state index contributed by atoms with van der Waals surface area (Å²) in [6, 6.07) is 8.92. The van der Waals surface area contributed by atoms with Gasteiger partial charge in [-0.2, -0.15) is 0 Å². The zero-order valence-corrected chi connectivity index (χ0v) is 14.7. The SMILES string of the molecule is Cc1ccnc([C@@H]2CN(Cc3ccc(S(C)(=O)=O)cc3)CCO2)n1. The molecule has 1 aliphatic heterocycles. The molecule has 0 N–H and O–H groups in total. The third-order valence-corrected chi connectivity index (χ3v) is 5.14. The molecular weight excluding hydrogens is 326 g/mol. The Balaban J connectivity index is 1.67. The fourth-order valence-corrected chi connectivity index (χ4v) is 3.36. The minimum Gasteiger partial charge on any atom is -0.368 e. The van der Waals surface area contributed by atoms with Gasteiger partial charge in [-0.25, -0.2) is 18.4 Å². The molecule has 3 rings (SSSR count). The second-order valence-electron chi connectivity index (χ2n) is 6.07. The molecule has 2 heterocycles. The van der Waals surface area contributed by atoms with Gasteiger partial charge in [0.15, 0.2) is 15.7 Å². The Hall–Kier alpha value is -1.83. The molecule has 1 saturated heterocycles. The van der Waals surface area contributed by atoms with Gasteiger partial charge in [-0.3, -0.25) is 4.90 Å². The molecule has 0 bridgehead atoms. The van der Waals surface area contributed by atoms with Crippen LogP contribution in [0.1, 0.15) is 23.2 Å². The minimum atomic E-state index is -3.15. The van der Waals surface area contributed by atoms with Crippen molar-refractivity contribution in [3.05, 3.63) is 53.6 Å². The van der Waals surface area contributed by atoms with Crippen molar-refractivity contribution in [3.63, 3.8) is 0 Å². The highest BCUT2D eigenvalue weighted by Crippen LogP contribution is 2.21. The van der Waals surface area contributed by atoms with Crippen molar-refractivity contribution in [1.29, 1.82) is 0 Å². The predicted molar refractivity (Wildman–Crippen MR) is 90.3 cm³/mol. The predicted octanol–water partition coefficient (Wildman–Crippen LogP) is 1.76. The number of morpholine rings is 1. The smallest absolute Gasteiger partial charge is 0.175 e. The Kier molecular flexibility index (Phi) is 4.93. The van der Waals surface area contributed by atoms with Crippen LogP contribution in [0.25, 0.3) is 0 Å². The molecule has 0 aliphatic carbocycles. The van der Waals surface area contributed by atoms with E-state index in [0.29, 0.717) is 17.3 Å². The topological polar surface area (TPSA) is 72.4 Å². The summed E-state index contributed by atoms with van der Waals surface area (Å²) in [6.45, 7) is 4.86. The molecule has 0 unspecified atom stereocenters. The second kappa shape index (κ2) is 6.96. The lowest BCUT2D eigenvalue weighted by atomic mass is 10.2. The average Bonchev–Trinajstić information content (AvgIpc) is 2.55. The van der Waals surface area contributed by atoms with Crippen LogP contribution in [0.2, 0.25) is 0 Å². The number of aryl methyl sites for hydroxylation is 1. The van der Waals surface area contributed by atoms with E-state index >= 15 is 0 Å².